The van der Waals surface area contributed by atoms with Crippen LogP contribution in [0, 0.1) is 0 Å². The van der Waals surface area contributed by atoms with Crippen LogP contribution in [0.4, 0.5) is 0 Å². The standard InChI is InChI=1S/C22H22N4O3/c1-4-17-20(18(5-2)25(3)23-17)29-21-16-8-6-7-9-19(16)26(24-21)15-12-10-14(11-13-15)22(27)28/h6-13H,4-5H2,1-3H3,(H,27,28). The number of aromatic carboxylic acids is 1. The third kappa shape index (κ3) is 3.24. The quantitative estimate of drug-likeness (QED) is 0.528. The summed E-state index contributed by atoms with van der Waals surface area (Å²) in [5, 5.41) is 19.3. The fraction of sp³-hybridized carbons (Fsp3) is 0.227. The van der Waals surface area contributed by atoms with E-state index >= 15 is 0 Å². The Kier molecular flexibility index (Phi) is 4.80. The van der Waals surface area contributed by atoms with E-state index in [4.69, 9.17) is 14.9 Å². The van der Waals surface area contributed by atoms with Crippen molar-refractivity contribution in [3.63, 3.8) is 0 Å². The van der Waals surface area contributed by atoms with E-state index in [-0.39, 0.29) is 5.56 Å². The minimum atomic E-state index is -0.957. The largest absolute Gasteiger partial charge is 0.478 e. The SMILES string of the molecule is CCc1nn(C)c(CC)c1Oc1nn(-c2ccc(C(=O)O)cc2)c2ccccc12. The average molecular weight is 390 g/mol. The zero-order valence-corrected chi connectivity index (χ0v) is 16.6. The van der Waals surface area contributed by atoms with Crippen LogP contribution in [0.5, 0.6) is 11.6 Å². The molecule has 0 unspecified atom stereocenters. The number of aromatic nitrogens is 4. The maximum absolute atomic E-state index is 11.1. The van der Waals surface area contributed by atoms with Crippen LogP contribution in [0.2, 0.25) is 0 Å². The van der Waals surface area contributed by atoms with Crippen molar-refractivity contribution < 1.29 is 14.6 Å². The van der Waals surface area contributed by atoms with Crippen molar-refractivity contribution in [1.82, 2.24) is 19.6 Å². The molecule has 0 saturated carbocycles. The van der Waals surface area contributed by atoms with Crippen molar-refractivity contribution in [2.24, 2.45) is 7.05 Å². The van der Waals surface area contributed by atoms with Gasteiger partial charge in [0.2, 0.25) is 5.88 Å². The summed E-state index contributed by atoms with van der Waals surface area (Å²) in [6, 6.07) is 14.4. The van der Waals surface area contributed by atoms with Crippen LogP contribution in [0.1, 0.15) is 35.6 Å². The Labute approximate surface area is 168 Å². The Balaban J connectivity index is 1.83. The van der Waals surface area contributed by atoms with Gasteiger partial charge in [-0.1, -0.05) is 26.0 Å². The number of aryl methyl sites for hydroxylation is 2. The molecule has 0 fully saturated rings. The second kappa shape index (κ2) is 7.43. The summed E-state index contributed by atoms with van der Waals surface area (Å²) in [6.07, 6.45) is 1.56. The lowest BCUT2D eigenvalue weighted by molar-refractivity contribution is 0.0697. The van der Waals surface area contributed by atoms with Gasteiger partial charge in [-0.25, -0.2) is 9.48 Å². The zero-order chi connectivity index (χ0) is 20.5. The second-order valence-electron chi connectivity index (χ2n) is 6.74. The van der Waals surface area contributed by atoms with Crippen LogP contribution >= 0.6 is 0 Å². The maximum Gasteiger partial charge on any atom is 0.335 e. The molecule has 148 valence electrons. The van der Waals surface area contributed by atoms with Gasteiger partial charge in [-0.3, -0.25) is 4.68 Å². The molecule has 2 heterocycles. The summed E-state index contributed by atoms with van der Waals surface area (Å²) >= 11 is 0. The van der Waals surface area contributed by atoms with E-state index in [1.165, 1.54) is 0 Å². The summed E-state index contributed by atoms with van der Waals surface area (Å²) in [5.41, 5.74) is 3.79. The predicted molar refractivity (Wildman–Crippen MR) is 110 cm³/mol. The van der Waals surface area contributed by atoms with Crippen molar-refractivity contribution in [2.45, 2.75) is 26.7 Å². The highest BCUT2D eigenvalue weighted by Crippen LogP contribution is 2.34. The number of fused-ring (bicyclic) bond motifs is 1. The van der Waals surface area contributed by atoms with Crippen molar-refractivity contribution in [2.75, 3.05) is 0 Å². The van der Waals surface area contributed by atoms with E-state index in [1.54, 1.807) is 28.9 Å². The van der Waals surface area contributed by atoms with Gasteiger partial charge in [0.1, 0.15) is 5.69 Å². The normalized spacial score (nSPS) is 11.1. The Morgan fingerprint density at radius 1 is 1.03 bits per heavy atom. The van der Waals surface area contributed by atoms with E-state index in [0.29, 0.717) is 5.88 Å². The van der Waals surface area contributed by atoms with Crippen LogP contribution in [0.3, 0.4) is 0 Å². The summed E-state index contributed by atoms with van der Waals surface area (Å²) in [5.74, 6) is 0.302. The molecule has 2 aromatic heterocycles. The number of ether oxygens (including phenoxy) is 1. The summed E-state index contributed by atoms with van der Waals surface area (Å²) in [4.78, 5) is 11.1. The van der Waals surface area contributed by atoms with Crippen LogP contribution < -0.4 is 4.74 Å². The molecular formula is C22H22N4O3. The van der Waals surface area contributed by atoms with E-state index in [9.17, 15) is 4.79 Å². The van der Waals surface area contributed by atoms with Crippen molar-refractivity contribution in [3.05, 3.63) is 65.5 Å². The van der Waals surface area contributed by atoms with E-state index in [2.05, 4.69) is 18.9 Å². The first kappa shape index (κ1) is 18.7. The van der Waals surface area contributed by atoms with Crippen molar-refractivity contribution in [3.8, 4) is 17.3 Å². The fourth-order valence-corrected chi connectivity index (χ4v) is 3.49. The lowest BCUT2D eigenvalue weighted by Crippen LogP contribution is -2.00. The number of para-hydroxylation sites is 1. The maximum atomic E-state index is 11.1. The third-order valence-electron chi connectivity index (χ3n) is 4.97. The number of nitrogens with zero attached hydrogens (tertiary/aromatic N) is 4. The lowest BCUT2D eigenvalue weighted by Gasteiger charge is -2.06. The number of hydrogen-bond donors (Lipinski definition) is 1. The molecule has 2 aromatic carbocycles. The molecule has 0 aliphatic carbocycles. The molecule has 0 radical (unpaired) electrons. The molecular weight excluding hydrogens is 368 g/mol. The molecule has 4 aromatic rings. The summed E-state index contributed by atoms with van der Waals surface area (Å²) in [7, 11) is 1.92. The molecule has 7 nitrogen and oxygen atoms in total. The molecule has 4 rings (SSSR count). The number of rotatable bonds is 6. The molecule has 0 spiro atoms. The smallest absolute Gasteiger partial charge is 0.335 e. The molecule has 0 bridgehead atoms. The third-order valence-corrected chi connectivity index (χ3v) is 4.97. The molecule has 0 atom stereocenters. The number of carboxylic acid groups (broad SMARTS) is 1. The van der Waals surface area contributed by atoms with Gasteiger partial charge in [-0.2, -0.15) is 5.10 Å². The number of carbonyl (C=O) groups is 1. The monoisotopic (exact) mass is 390 g/mol. The van der Waals surface area contributed by atoms with Gasteiger partial charge in [0, 0.05) is 7.05 Å². The first-order valence-corrected chi connectivity index (χ1v) is 9.57. The van der Waals surface area contributed by atoms with Gasteiger partial charge in [0.05, 0.1) is 27.8 Å². The number of benzene rings is 2. The van der Waals surface area contributed by atoms with E-state index in [1.807, 2.05) is 36.0 Å². The summed E-state index contributed by atoms with van der Waals surface area (Å²) in [6.45, 7) is 4.12. The second-order valence-corrected chi connectivity index (χ2v) is 6.74. The molecule has 0 aliphatic heterocycles. The van der Waals surface area contributed by atoms with Gasteiger partial charge in [-0.05, 0) is 49.2 Å². The van der Waals surface area contributed by atoms with Crippen LogP contribution in [-0.4, -0.2) is 30.6 Å². The van der Waals surface area contributed by atoms with Gasteiger partial charge >= 0.3 is 5.97 Å². The Bertz CT molecular complexity index is 1190. The Hall–Kier alpha value is -3.61. The molecule has 1 N–H and O–H groups in total. The minimum absolute atomic E-state index is 0.234. The van der Waals surface area contributed by atoms with Gasteiger partial charge in [0.25, 0.3) is 0 Å². The van der Waals surface area contributed by atoms with Gasteiger partial charge in [-0.15, -0.1) is 5.10 Å². The van der Waals surface area contributed by atoms with Crippen LogP contribution in [0.25, 0.3) is 16.6 Å². The summed E-state index contributed by atoms with van der Waals surface area (Å²) < 4.78 is 9.94. The molecule has 0 aliphatic rings. The number of carboxylic acids is 1. The highest BCUT2D eigenvalue weighted by Gasteiger charge is 2.20. The van der Waals surface area contributed by atoms with Gasteiger partial charge in [0.15, 0.2) is 5.75 Å². The van der Waals surface area contributed by atoms with Crippen LogP contribution in [0.15, 0.2) is 48.5 Å². The molecule has 29 heavy (non-hydrogen) atoms. The van der Waals surface area contributed by atoms with Crippen molar-refractivity contribution in [1.29, 1.82) is 0 Å². The first-order chi connectivity index (χ1) is 14.0. The minimum Gasteiger partial charge on any atom is -0.478 e. The lowest BCUT2D eigenvalue weighted by atomic mass is 10.2. The zero-order valence-electron chi connectivity index (χ0n) is 16.6. The fourth-order valence-electron chi connectivity index (χ4n) is 3.49. The predicted octanol–water partition coefficient (Wildman–Crippen LogP) is 4.37. The number of hydrogen-bond acceptors (Lipinski definition) is 4. The first-order valence-electron chi connectivity index (χ1n) is 9.57. The van der Waals surface area contributed by atoms with Gasteiger partial charge < -0.3 is 9.84 Å². The molecule has 0 saturated heterocycles. The van der Waals surface area contributed by atoms with Crippen molar-refractivity contribution >= 4 is 16.9 Å². The van der Waals surface area contributed by atoms with E-state index < -0.39 is 5.97 Å². The molecule has 0 amide bonds. The highest BCUT2D eigenvalue weighted by molar-refractivity contribution is 5.88. The topological polar surface area (TPSA) is 82.2 Å². The molecule has 7 heteroatoms. The Morgan fingerprint density at radius 3 is 2.41 bits per heavy atom. The average Bonchev–Trinajstić information content (AvgIpc) is 3.25. The van der Waals surface area contributed by atoms with E-state index in [0.717, 1.165) is 46.6 Å². The van der Waals surface area contributed by atoms with Crippen LogP contribution in [-0.2, 0) is 19.9 Å². The Morgan fingerprint density at radius 2 is 1.76 bits per heavy atom. The highest BCUT2D eigenvalue weighted by atomic mass is 16.5.